The number of rotatable bonds is 5. The molecular formula is C26H25F3N8O2S. The van der Waals surface area contributed by atoms with Crippen LogP contribution in [0, 0.1) is 0 Å². The average molecular weight is 571 g/mol. The van der Waals surface area contributed by atoms with Crippen molar-refractivity contribution in [1.29, 1.82) is 0 Å². The maximum absolute atomic E-state index is 13.8. The minimum Gasteiger partial charge on any atom is -0.389 e. The smallest absolute Gasteiger partial charge is 0.389 e. The second-order valence-electron chi connectivity index (χ2n) is 9.81. The molecule has 1 amide bonds. The number of piperazine rings is 1. The fourth-order valence-corrected chi connectivity index (χ4v) is 5.93. The van der Waals surface area contributed by atoms with Crippen LogP contribution in [0.25, 0.3) is 33.7 Å². The molecule has 0 aliphatic carbocycles. The first-order chi connectivity index (χ1) is 19.1. The van der Waals surface area contributed by atoms with Gasteiger partial charge in [0.05, 0.1) is 23.5 Å². The van der Waals surface area contributed by atoms with Crippen molar-refractivity contribution in [3.63, 3.8) is 0 Å². The van der Waals surface area contributed by atoms with Crippen molar-refractivity contribution in [2.24, 2.45) is 0 Å². The first kappa shape index (κ1) is 26.2. The summed E-state index contributed by atoms with van der Waals surface area (Å²) in [4.78, 5) is 36.9. The number of aromatic amines is 1. The maximum atomic E-state index is 13.8. The van der Waals surface area contributed by atoms with E-state index in [1.165, 1.54) is 0 Å². The lowest BCUT2D eigenvalue weighted by Crippen LogP contribution is -2.54. The van der Waals surface area contributed by atoms with Crippen LogP contribution >= 0.6 is 11.3 Å². The van der Waals surface area contributed by atoms with Gasteiger partial charge in [0.2, 0.25) is 10.9 Å². The Morgan fingerprint density at radius 2 is 2.02 bits per heavy atom. The summed E-state index contributed by atoms with van der Waals surface area (Å²) in [5.74, 6) is 0.0916. The maximum Gasteiger partial charge on any atom is 0.443 e. The molecule has 1 aliphatic heterocycles. The molecule has 5 aromatic rings. The fourth-order valence-electron chi connectivity index (χ4n) is 4.96. The highest BCUT2D eigenvalue weighted by molar-refractivity contribution is 7.16. The lowest BCUT2D eigenvalue weighted by atomic mass is 10.1. The number of aromatic nitrogens is 6. The highest BCUT2D eigenvalue weighted by Gasteiger charge is 2.39. The standard InChI is InChI=1S/C26H25F3N8O2S/c1-14-11-35(8-9-37(14)20(39)12-36-13-31-18-4-3-7-30-23(18)36)24-21(34-25(40-24)26(27,28)29)22-32-17-6-5-16(15(2)38)10-19(17)33-22/h3-7,10,13-15,38H,8-9,11-12H2,1-2H3,(H,32,33). The molecular weight excluding hydrogens is 545 g/mol. The molecule has 208 valence electrons. The summed E-state index contributed by atoms with van der Waals surface area (Å²) < 4.78 is 42.9. The topological polar surface area (TPSA) is 116 Å². The molecule has 0 radical (unpaired) electrons. The Morgan fingerprint density at radius 1 is 1.20 bits per heavy atom. The first-order valence-electron chi connectivity index (χ1n) is 12.6. The number of imidazole rings is 2. The van der Waals surface area contributed by atoms with Gasteiger partial charge < -0.3 is 24.5 Å². The van der Waals surface area contributed by atoms with Gasteiger partial charge in [-0.3, -0.25) is 4.79 Å². The molecule has 1 aliphatic rings. The molecule has 14 heteroatoms. The lowest BCUT2D eigenvalue weighted by molar-refractivity contribution is -0.137. The summed E-state index contributed by atoms with van der Waals surface area (Å²) >= 11 is 0.568. The summed E-state index contributed by atoms with van der Waals surface area (Å²) in [6.45, 7) is 4.56. The number of aliphatic hydroxyl groups is 1. The Kier molecular flexibility index (Phi) is 6.45. The summed E-state index contributed by atoms with van der Waals surface area (Å²) in [6.07, 6.45) is -2.10. The first-order valence-corrected chi connectivity index (χ1v) is 13.5. The predicted molar refractivity (Wildman–Crippen MR) is 144 cm³/mol. The minimum absolute atomic E-state index is 0.0648. The number of hydrogen-bond donors (Lipinski definition) is 2. The second kappa shape index (κ2) is 9.86. The number of amides is 1. The van der Waals surface area contributed by atoms with Crippen molar-refractivity contribution in [1.82, 2.24) is 34.4 Å². The van der Waals surface area contributed by atoms with Crippen LogP contribution < -0.4 is 4.90 Å². The zero-order chi connectivity index (χ0) is 28.2. The Labute approximate surface area is 230 Å². The third-order valence-electron chi connectivity index (χ3n) is 6.98. The summed E-state index contributed by atoms with van der Waals surface area (Å²) in [6, 6.07) is 8.48. The molecule has 2 N–H and O–H groups in total. The van der Waals surface area contributed by atoms with E-state index in [1.807, 2.05) is 17.9 Å². The Balaban J connectivity index is 1.26. The lowest BCUT2D eigenvalue weighted by Gasteiger charge is -2.40. The van der Waals surface area contributed by atoms with E-state index in [9.17, 15) is 23.1 Å². The molecule has 2 unspecified atom stereocenters. The monoisotopic (exact) mass is 570 g/mol. The van der Waals surface area contributed by atoms with E-state index in [2.05, 4.69) is 24.9 Å². The van der Waals surface area contributed by atoms with E-state index < -0.39 is 17.3 Å². The Hall–Kier alpha value is -4.04. The normalized spacial score (nSPS) is 17.2. The van der Waals surface area contributed by atoms with Crippen LogP contribution in [-0.2, 0) is 17.5 Å². The van der Waals surface area contributed by atoms with Gasteiger partial charge in [0.1, 0.15) is 22.8 Å². The van der Waals surface area contributed by atoms with Crippen LogP contribution in [-0.4, -0.2) is 71.1 Å². The third kappa shape index (κ3) is 4.77. The number of benzene rings is 1. The number of H-pyrrole nitrogens is 1. The number of thiazole rings is 1. The second-order valence-corrected chi connectivity index (χ2v) is 10.8. The SMILES string of the molecule is CC(O)c1ccc2nc(-c3nc(C(F)(F)F)sc3N3CCN(C(=O)Cn4cnc5cccnc54)C(C)C3)[nH]c2c1. The number of carbonyl (C=O) groups excluding carboxylic acids is 1. The summed E-state index contributed by atoms with van der Waals surface area (Å²) in [7, 11) is 0. The number of carbonyl (C=O) groups is 1. The van der Waals surface area contributed by atoms with Crippen molar-refractivity contribution in [2.75, 3.05) is 24.5 Å². The van der Waals surface area contributed by atoms with Crippen molar-refractivity contribution in [3.8, 4) is 11.5 Å². The van der Waals surface area contributed by atoms with Gasteiger partial charge in [0, 0.05) is 31.9 Å². The Morgan fingerprint density at radius 3 is 2.77 bits per heavy atom. The van der Waals surface area contributed by atoms with Crippen LogP contribution in [0.4, 0.5) is 18.2 Å². The van der Waals surface area contributed by atoms with Crippen molar-refractivity contribution in [3.05, 3.63) is 53.4 Å². The fraction of sp³-hybridized carbons (Fsp3) is 0.346. The molecule has 1 aromatic carbocycles. The number of pyridine rings is 1. The Bertz CT molecular complexity index is 1710. The number of fused-ring (bicyclic) bond motifs is 2. The van der Waals surface area contributed by atoms with Crippen LogP contribution in [0.5, 0.6) is 0 Å². The average Bonchev–Trinajstić information content (AvgIpc) is 3.64. The number of aliphatic hydroxyl groups excluding tert-OH is 1. The number of nitrogens with zero attached hydrogens (tertiary/aromatic N) is 7. The molecule has 4 aromatic heterocycles. The molecule has 6 rings (SSSR count). The van der Waals surface area contributed by atoms with Crippen LogP contribution in [0.1, 0.15) is 30.5 Å². The van der Waals surface area contributed by atoms with Gasteiger partial charge >= 0.3 is 6.18 Å². The van der Waals surface area contributed by atoms with Crippen LogP contribution in [0.2, 0.25) is 0 Å². The highest BCUT2D eigenvalue weighted by Crippen LogP contribution is 2.43. The largest absolute Gasteiger partial charge is 0.443 e. The minimum atomic E-state index is -4.62. The van der Waals surface area contributed by atoms with E-state index in [1.54, 1.807) is 53.2 Å². The molecule has 10 nitrogen and oxygen atoms in total. The zero-order valence-corrected chi connectivity index (χ0v) is 22.4. The van der Waals surface area contributed by atoms with Gasteiger partial charge in [0.25, 0.3) is 0 Å². The third-order valence-corrected chi connectivity index (χ3v) is 8.14. The molecule has 0 spiro atoms. The summed E-state index contributed by atoms with van der Waals surface area (Å²) in [5.41, 5.74) is 3.21. The van der Waals surface area contributed by atoms with Crippen molar-refractivity contribution in [2.45, 2.75) is 38.7 Å². The molecule has 1 fully saturated rings. The van der Waals surface area contributed by atoms with Gasteiger partial charge in [-0.1, -0.05) is 17.4 Å². The van der Waals surface area contributed by atoms with Crippen LogP contribution in [0.3, 0.4) is 0 Å². The molecule has 0 saturated carbocycles. The van der Waals surface area contributed by atoms with Gasteiger partial charge in [-0.15, -0.1) is 0 Å². The number of nitrogens with one attached hydrogen (secondary N) is 1. The van der Waals surface area contributed by atoms with Crippen LogP contribution in [0.15, 0.2) is 42.9 Å². The van der Waals surface area contributed by atoms with E-state index in [0.717, 1.165) is 0 Å². The summed E-state index contributed by atoms with van der Waals surface area (Å²) in [5, 5.41) is 9.28. The molecule has 1 saturated heterocycles. The molecule has 0 bridgehead atoms. The number of halogens is 3. The number of anilines is 1. The molecule has 40 heavy (non-hydrogen) atoms. The number of hydrogen-bond acceptors (Lipinski definition) is 8. The highest BCUT2D eigenvalue weighted by atomic mass is 32.1. The van der Waals surface area contributed by atoms with E-state index >= 15 is 0 Å². The molecule has 2 atom stereocenters. The zero-order valence-electron chi connectivity index (χ0n) is 21.6. The van der Waals surface area contributed by atoms with E-state index in [4.69, 9.17) is 0 Å². The van der Waals surface area contributed by atoms with Gasteiger partial charge in [-0.05, 0) is 43.7 Å². The molecule has 5 heterocycles. The quantitative estimate of drug-likeness (QED) is 0.325. The van der Waals surface area contributed by atoms with Gasteiger partial charge in [-0.25, -0.2) is 19.9 Å². The van der Waals surface area contributed by atoms with Gasteiger partial charge in [0.15, 0.2) is 11.5 Å². The van der Waals surface area contributed by atoms with Gasteiger partial charge in [-0.2, -0.15) is 13.2 Å². The van der Waals surface area contributed by atoms with Crippen molar-refractivity contribution < 1.29 is 23.1 Å². The van der Waals surface area contributed by atoms with E-state index in [0.29, 0.717) is 63.7 Å². The number of alkyl halides is 3. The van der Waals surface area contributed by atoms with Crippen molar-refractivity contribution >= 4 is 44.4 Å². The predicted octanol–water partition coefficient (Wildman–Crippen LogP) is 4.24. The van der Waals surface area contributed by atoms with E-state index in [-0.39, 0.29) is 30.0 Å².